The van der Waals surface area contributed by atoms with Crippen molar-refractivity contribution in [3.8, 4) is 27.3 Å². The number of phenolic OH excluding ortho intramolecular Hbond substituents is 1. The molecule has 0 aliphatic carbocycles. The Morgan fingerprint density at radius 2 is 1.61 bits per heavy atom. The van der Waals surface area contributed by atoms with Gasteiger partial charge in [-0.3, -0.25) is 0 Å². The summed E-state index contributed by atoms with van der Waals surface area (Å²) in [6.07, 6.45) is 0. The molecule has 1 N–H and O–H groups in total. The van der Waals surface area contributed by atoms with Crippen LogP contribution in [0.5, 0.6) is 5.75 Å². The van der Waals surface area contributed by atoms with Crippen LogP contribution in [0.1, 0.15) is 0 Å². The molecule has 0 fully saturated rings. The Kier molecular flexibility index (Phi) is 2.87. The van der Waals surface area contributed by atoms with E-state index in [1.165, 1.54) is 0 Å². The lowest BCUT2D eigenvalue weighted by Gasteiger charge is -2.06. The van der Waals surface area contributed by atoms with Crippen LogP contribution in [-0.2, 0) is 0 Å². The highest BCUT2D eigenvalue weighted by molar-refractivity contribution is 7.13. The largest absolute Gasteiger partial charge is 0.507 e. The molecule has 0 spiro atoms. The van der Waals surface area contributed by atoms with Crippen LogP contribution in [0.4, 0.5) is 0 Å². The highest BCUT2D eigenvalue weighted by Crippen LogP contribution is 2.35. The summed E-state index contributed by atoms with van der Waals surface area (Å²) in [4.78, 5) is 1.09. The second kappa shape index (κ2) is 4.67. The molecule has 1 aromatic heterocycles. The van der Waals surface area contributed by atoms with Crippen molar-refractivity contribution < 1.29 is 5.11 Å². The number of aromatic hydroxyl groups is 1. The average Bonchev–Trinajstić information content (AvgIpc) is 2.94. The van der Waals surface area contributed by atoms with Gasteiger partial charge in [0.05, 0.1) is 0 Å². The number of thiophene rings is 1. The van der Waals surface area contributed by atoms with Gasteiger partial charge in [-0.1, -0.05) is 42.5 Å². The third-order valence-corrected chi connectivity index (χ3v) is 3.79. The fraction of sp³-hybridized carbons (Fsp3) is 0. The first kappa shape index (κ1) is 11.1. The number of benzene rings is 2. The molecule has 0 bridgehead atoms. The van der Waals surface area contributed by atoms with Gasteiger partial charge in [0.1, 0.15) is 5.75 Å². The van der Waals surface area contributed by atoms with Gasteiger partial charge in [0.2, 0.25) is 0 Å². The minimum atomic E-state index is 0.331. The number of phenols is 1. The van der Waals surface area contributed by atoms with E-state index in [9.17, 15) is 5.11 Å². The molecular weight excluding hydrogens is 240 g/mol. The summed E-state index contributed by atoms with van der Waals surface area (Å²) in [6.45, 7) is 0. The lowest BCUT2D eigenvalue weighted by atomic mass is 10.0. The molecule has 18 heavy (non-hydrogen) atoms. The van der Waals surface area contributed by atoms with Gasteiger partial charge in [0.25, 0.3) is 0 Å². The molecule has 2 heteroatoms. The van der Waals surface area contributed by atoms with Gasteiger partial charge in [-0.25, -0.2) is 0 Å². The van der Waals surface area contributed by atoms with Gasteiger partial charge in [0.15, 0.2) is 0 Å². The molecule has 88 valence electrons. The molecule has 1 heterocycles. The molecule has 0 atom stereocenters. The molecule has 3 aromatic rings. The summed E-state index contributed by atoms with van der Waals surface area (Å²) in [7, 11) is 0. The van der Waals surface area contributed by atoms with Gasteiger partial charge in [-0.05, 0) is 34.7 Å². The second-order valence-corrected chi connectivity index (χ2v) is 5.02. The summed E-state index contributed by atoms with van der Waals surface area (Å²) >= 11 is 1.63. The van der Waals surface area contributed by atoms with Crippen LogP contribution < -0.4 is 0 Å². The number of rotatable bonds is 2. The molecule has 2 aromatic carbocycles. The zero-order chi connectivity index (χ0) is 12.4. The normalized spacial score (nSPS) is 10.4. The third-order valence-electron chi connectivity index (χ3n) is 2.89. The Hall–Kier alpha value is -2.06. The molecule has 3 rings (SSSR count). The zero-order valence-corrected chi connectivity index (χ0v) is 10.5. The first-order chi connectivity index (χ1) is 8.84. The highest BCUT2D eigenvalue weighted by atomic mass is 32.1. The van der Waals surface area contributed by atoms with Crippen LogP contribution in [-0.4, -0.2) is 5.11 Å². The van der Waals surface area contributed by atoms with E-state index in [1.807, 2.05) is 47.8 Å². The fourth-order valence-corrected chi connectivity index (χ4v) is 2.73. The van der Waals surface area contributed by atoms with Crippen molar-refractivity contribution in [2.24, 2.45) is 0 Å². The first-order valence-electron chi connectivity index (χ1n) is 5.77. The van der Waals surface area contributed by atoms with Gasteiger partial charge >= 0.3 is 0 Å². The Balaban J connectivity index is 2.12. The lowest BCUT2D eigenvalue weighted by molar-refractivity contribution is 0.477. The van der Waals surface area contributed by atoms with Crippen molar-refractivity contribution in [3.05, 3.63) is 66.0 Å². The van der Waals surface area contributed by atoms with Crippen molar-refractivity contribution in [2.45, 2.75) is 0 Å². The Morgan fingerprint density at radius 3 is 2.33 bits per heavy atom. The van der Waals surface area contributed by atoms with Gasteiger partial charge in [-0.2, -0.15) is 0 Å². The summed E-state index contributed by atoms with van der Waals surface area (Å²) in [5, 5.41) is 12.0. The lowest BCUT2D eigenvalue weighted by Crippen LogP contribution is -1.80. The SMILES string of the molecule is Oc1ccc(-c2ccccc2)cc1-c1cccs1. The van der Waals surface area contributed by atoms with E-state index >= 15 is 0 Å². The summed E-state index contributed by atoms with van der Waals surface area (Å²) in [6, 6.07) is 20.0. The summed E-state index contributed by atoms with van der Waals surface area (Å²) in [5.74, 6) is 0.331. The van der Waals surface area contributed by atoms with E-state index in [-0.39, 0.29) is 0 Å². The molecular formula is C16H12OS. The zero-order valence-electron chi connectivity index (χ0n) is 9.71. The predicted molar refractivity (Wildman–Crippen MR) is 76.9 cm³/mol. The van der Waals surface area contributed by atoms with E-state index in [0.717, 1.165) is 21.6 Å². The first-order valence-corrected chi connectivity index (χ1v) is 6.65. The van der Waals surface area contributed by atoms with E-state index in [1.54, 1.807) is 17.4 Å². The quantitative estimate of drug-likeness (QED) is 0.695. The van der Waals surface area contributed by atoms with E-state index < -0.39 is 0 Å². The monoisotopic (exact) mass is 252 g/mol. The molecule has 0 saturated carbocycles. The molecule has 0 radical (unpaired) electrons. The molecule has 0 amide bonds. The van der Waals surface area contributed by atoms with Crippen molar-refractivity contribution in [1.82, 2.24) is 0 Å². The van der Waals surface area contributed by atoms with Crippen molar-refractivity contribution in [1.29, 1.82) is 0 Å². The molecule has 1 nitrogen and oxygen atoms in total. The predicted octanol–water partition coefficient (Wildman–Crippen LogP) is 4.79. The van der Waals surface area contributed by atoms with Gasteiger partial charge < -0.3 is 5.11 Å². The topological polar surface area (TPSA) is 20.2 Å². The number of hydrogen-bond acceptors (Lipinski definition) is 2. The molecule has 0 aliphatic rings. The van der Waals surface area contributed by atoms with Crippen LogP contribution in [0.15, 0.2) is 66.0 Å². The van der Waals surface area contributed by atoms with Gasteiger partial charge in [0, 0.05) is 10.4 Å². The maximum Gasteiger partial charge on any atom is 0.124 e. The smallest absolute Gasteiger partial charge is 0.124 e. The van der Waals surface area contributed by atoms with Crippen LogP contribution in [0.3, 0.4) is 0 Å². The van der Waals surface area contributed by atoms with Crippen molar-refractivity contribution >= 4 is 11.3 Å². The highest BCUT2D eigenvalue weighted by Gasteiger charge is 2.07. The van der Waals surface area contributed by atoms with E-state index in [2.05, 4.69) is 12.1 Å². The van der Waals surface area contributed by atoms with Gasteiger partial charge in [-0.15, -0.1) is 11.3 Å². The number of hydrogen-bond donors (Lipinski definition) is 1. The van der Waals surface area contributed by atoms with Crippen LogP contribution in [0, 0.1) is 0 Å². The Labute approximate surface area is 110 Å². The summed E-state index contributed by atoms with van der Waals surface area (Å²) < 4.78 is 0. The maximum atomic E-state index is 9.96. The summed E-state index contributed by atoms with van der Waals surface area (Å²) in [5.41, 5.74) is 3.18. The minimum absolute atomic E-state index is 0.331. The van der Waals surface area contributed by atoms with E-state index in [4.69, 9.17) is 0 Å². The molecule has 0 aliphatic heterocycles. The fourth-order valence-electron chi connectivity index (χ4n) is 1.98. The van der Waals surface area contributed by atoms with Crippen LogP contribution in [0.2, 0.25) is 0 Å². The standard InChI is InChI=1S/C16H12OS/c17-15-9-8-13(12-5-2-1-3-6-12)11-14(15)16-7-4-10-18-16/h1-11,17H. The van der Waals surface area contributed by atoms with Crippen molar-refractivity contribution in [2.75, 3.05) is 0 Å². The third kappa shape index (κ3) is 2.03. The maximum absolute atomic E-state index is 9.96. The second-order valence-electron chi connectivity index (χ2n) is 4.08. The average molecular weight is 252 g/mol. The Morgan fingerprint density at radius 1 is 0.778 bits per heavy atom. The molecule has 0 unspecified atom stereocenters. The van der Waals surface area contributed by atoms with Crippen LogP contribution in [0.25, 0.3) is 21.6 Å². The minimum Gasteiger partial charge on any atom is -0.507 e. The Bertz CT molecular complexity index is 642. The van der Waals surface area contributed by atoms with Crippen LogP contribution >= 0.6 is 11.3 Å². The van der Waals surface area contributed by atoms with Crippen molar-refractivity contribution in [3.63, 3.8) is 0 Å². The van der Waals surface area contributed by atoms with E-state index in [0.29, 0.717) is 5.75 Å². The molecule has 0 saturated heterocycles.